The first-order valence-corrected chi connectivity index (χ1v) is 22.0. The van der Waals surface area contributed by atoms with E-state index in [1.165, 1.54) is 14.0 Å². The minimum absolute atomic E-state index is 0.130. The summed E-state index contributed by atoms with van der Waals surface area (Å²) in [5.74, 6) is 1.62. The highest BCUT2D eigenvalue weighted by Crippen LogP contribution is 2.33. The second-order valence-electron chi connectivity index (χ2n) is 15.6. The average molecular weight is 851 g/mol. The molecule has 0 aliphatic carbocycles. The molecule has 6 atom stereocenters. The van der Waals surface area contributed by atoms with Crippen LogP contribution in [0.3, 0.4) is 0 Å². The summed E-state index contributed by atoms with van der Waals surface area (Å²) in [6, 6.07) is 23.1. The number of esters is 2. The molecular weight excluding hydrogens is 781 g/mol. The summed E-state index contributed by atoms with van der Waals surface area (Å²) in [5, 5.41) is 0. The molecule has 1 aliphatic rings. The minimum Gasteiger partial charge on any atom is -0.497 e. The van der Waals surface area contributed by atoms with Gasteiger partial charge in [-0.15, -0.1) is 0 Å². The predicted molar refractivity (Wildman–Crippen MR) is 233 cm³/mol. The maximum absolute atomic E-state index is 12.9. The summed E-state index contributed by atoms with van der Waals surface area (Å²) in [6.07, 6.45) is 8.43. The molecule has 1 aliphatic heterocycles. The second-order valence-corrected chi connectivity index (χ2v) is 15.6. The van der Waals surface area contributed by atoms with Crippen molar-refractivity contribution in [2.45, 2.75) is 154 Å². The summed E-state index contributed by atoms with van der Waals surface area (Å²) in [6.45, 7) is 4.52. The van der Waals surface area contributed by atoms with Crippen LogP contribution in [0.15, 0.2) is 72.8 Å². The van der Waals surface area contributed by atoms with Crippen LogP contribution in [0.4, 0.5) is 0 Å². The zero-order valence-corrected chi connectivity index (χ0v) is 37.3. The van der Waals surface area contributed by atoms with Crippen LogP contribution < -0.4 is 14.2 Å². The summed E-state index contributed by atoms with van der Waals surface area (Å²) in [4.78, 5) is 24.4. The van der Waals surface area contributed by atoms with Gasteiger partial charge in [0, 0.05) is 13.3 Å². The molecule has 0 radical (unpaired) electrons. The fourth-order valence-electron chi connectivity index (χ4n) is 7.39. The van der Waals surface area contributed by atoms with E-state index in [2.05, 4.69) is 6.92 Å². The van der Waals surface area contributed by atoms with Gasteiger partial charge in [-0.25, -0.2) is 0 Å². The third-order valence-corrected chi connectivity index (χ3v) is 10.9. The molecule has 61 heavy (non-hydrogen) atoms. The van der Waals surface area contributed by atoms with Crippen molar-refractivity contribution < 1.29 is 57.0 Å². The summed E-state index contributed by atoms with van der Waals surface area (Å²) in [7, 11) is 6.34. The van der Waals surface area contributed by atoms with Gasteiger partial charge in [0.15, 0.2) is 12.4 Å². The number of methoxy groups -OCH3 is 4. The Bertz CT molecular complexity index is 1630. The molecule has 338 valence electrons. The first-order valence-electron chi connectivity index (χ1n) is 22.0. The van der Waals surface area contributed by atoms with E-state index in [-0.39, 0.29) is 31.9 Å². The number of unbranched alkanes of at least 4 members (excludes halogenated alkanes) is 8. The van der Waals surface area contributed by atoms with Gasteiger partial charge in [0.25, 0.3) is 0 Å². The maximum Gasteiger partial charge on any atom is 0.305 e. The van der Waals surface area contributed by atoms with Crippen LogP contribution in [0.5, 0.6) is 17.2 Å². The number of carbonyl (C=O) groups excluding carboxylic acids is 2. The van der Waals surface area contributed by atoms with Gasteiger partial charge in [-0.05, 0) is 72.4 Å². The fourth-order valence-corrected chi connectivity index (χ4v) is 7.39. The Kier molecular flexibility index (Phi) is 23.0. The topological polar surface area (TPSA) is 126 Å². The molecule has 0 bridgehead atoms. The highest BCUT2D eigenvalue weighted by atomic mass is 16.7. The standard InChI is InChI=1S/C49H70O12/c1-7-8-14-17-43(18-15-12-10-9-11-13-16-19-45(51)55-6)60-49-48(59-36(2)50)47(58-34-39-24-30-42(54-5)31-25-39)46(57-33-38-22-28-41(53-4)29-23-38)44(61-49)35-56-32-37-20-26-40(52-3)27-21-37/h20-31,43-44,46-49H,7-19,32-35H2,1-6H3/t43-,44+,46+,47-,48+,49+/m0/s1. The lowest BCUT2D eigenvalue weighted by molar-refractivity contribution is -0.329. The van der Waals surface area contributed by atoms with E-state index in [1.807, 2.05) is 72.8 Å². The van der Waals surface area contributed by atoms with E-state index >= 15 is 0 Å². The van der Waals surface area contributed by atoms with Gasteiger partial charge in [0.1, 0.15) is 35.6 Å². The van der Waals surface area contributed by atoms with Crippen LogP contribution in [-0.4, -0.2) is 83.8 Å². The Balaban J connectivity index is 1.58. The molecule has 0 amide bonds. The number of carbonyl (C=O) groups is 2. The van der Waals surface area contributed by atoms with Gasteiger partial charge >= 0.3 is 11.9 Å². The maximum atomic E-state index is 12.9. The molecular formula is C49H70O12. The number of hydrogen-bond acceptors (Lipinski definition) is 12. The SMILES string of the molecule is CCCCC[C@@H](CCCCCCCCCC(=O)OC)O[C@@H]1O[C@H](COCc2ccc(OC)cc2)[C@@H](OCc2ccc(OC)cc2)[C@H](OCc2ccc(OC)cc2)[C@H]1OC(C)=O. The molecule has 0 spiro atoms. The monoisotopic (exact) mass is 850 g/mol. The lowest BCUT2D eigenvalue weighted by Gasteiger charge is -2.46. The predicted octanol–water partition coefficient (Wildman–Crippen LogP) is 9.71. The molecule has 3 aromatic carbocycles. The van der Waals surface area contributed by atoms with Gasteiger partial charge < -0.3 is 47.4 Å². The van der Waals surface area contributed by atoms with Crippen molar-refractivity contribution >= 4 is 11.9 Å². The molecule has 1 saturated heterocycles. The molecule has 1 heterocycles. The molecule has 0 saturated carbocycles. The van der Waals surface area contributed by atoms with E-state index in [1.54, 1.807) is 21.3 Å². The Morgan fingerprint density at radius 3 is 1.56 bits per heavy atom. The second kappa shape index (κ2) is 28.4. The van der Waals surface area contributed by atoms with Crippen LogP contribution in [0.1, 0.15) is 114 Å². The first-order chi connectivity index (χ1) is 29.8. The normalized spacial score (nSPS) is 19.2. The molecule has 4 rings (SSSR count). The quantitative estimate of drug-likeness (QED) is 0.0468. The fraction of sp³-hybridized carbons (Fsp3) is 0.592. The Morgan fingerprint density at radius 2 is 1.07 bits per heavy atom. The van der Waals surface area contributed by atoms with Crippen molar-refractivity contribution in [2.24, 2.45) is 0 Å². The number of rotatable bonds is 30. The van der Waals surface area contributed by atoms with Gasteiger partial charge in [0.05, 0.1) is 61.0 Å². The van der Waals surface area contributed by atoms with Crippen molar-refractivity contribution in [2.75, 3.05) is 35.0 Å². The Labute approximate surface area is 363 Å². The van der Waals surface area contributed by atoms with Gasteiger partial charge in [-0.3, -0.25) is 9.59 Å². The molecule has 12 nitrogen and oxygen atoms in total. The number of benzene rings is 3. The van der Waals surface area contributed by atoms with Crippen molar-refractivity contribution in [3.05, 3.63) is 89.5 Å². The largest absolute Gasteiger partial charge is 0.497 e. The van der Waals surface area contributed by atoms with Crippen molar-refractivity contribution in [1.82, 2.24) is 0 Å². The van der Waals surface area contributed by atoms with Gasteiger partial charge in [-0.1, -0.05) is 101 Å². The first kappa shape index (κ1) is 49.5. The lowest BCUT2D eigenvalue weighted by Crippen LogP contribution is -2.62. The van der Waals surface area contributed by atoms with Gasteiger partial charge in [-0.2, -0.15) is 0 Å². The van der Waals surface area contributed by atoms with E-state index < -0.39 is 36.7 Å². The molecule has 0 aromatic heterocycles. The zero-order chi connectivity index (χ0) is 43.7. The average Bonchev–Trinajstić information content (AvgIpc) is 3.28. The zero-order valence-electron chi connectivity index (χ0n) is 37.3. The van der Waals surface area contributed by atoms with Crippen molar-refractivity contribution in [3.8, 4) is 17.2 Å². The third kappa shape index (κ3) is 18.0. The van der Waals surface area contributed by atoms with E-state index in [4.69, 9.17) is 47.4 Å². The number of hydrogen-bond donors (Lipinski definition) is 0. The molecule has 12 heteroatoms. The Hall–Kier alpha value is -4.20. The Morgan fingerprint density at radius 1 is 0.590 bits per heavy atom. The highest BCUT2D eigenvalue weighted by Gasteiger charge is 2.50. The van der Waals surface area contributed by atoms with Crippen molar-refractivity contribution in [1.29, 1.82) is 0 Å². The molecule has 0 N–H and O–H groups in total. The van der Waals surface area contributed by atoms with Crippen LogP contribution in [-0.2, 0) is 62.6 Å². The molecule has 0 unspecified atom stereocenters. The van der Waals surface area contributed by atoms with Crippen LogP contribution in [0, 0.1) is 0 Å². The smallest absolute Gasteiger partial charge is 0.305 e. The highest BCUT2D eigenvalue weighted by molar-refractivity contribution is 5.69. The van der Waals surface area contributed by atoms with E-state index in [9.17, 15) is 9.59 Å². The summed E-state index contributed by atoms with van der Waals surface area (Å²) >= 11 is 0. The van der Waals surface area contributed by atoms with Gasteiger partial charge in [0.2, 0.25) is 0 Å². The van der Waals surface area contributed by atoms with E-state index in [0.717, 1.165) is 111 Å². The third-order valence-electron chi connectivity index (χ3n) is 10.9. The molecule has 1 fully saturated rings. The minimum atomic E-state index is -0.943. The van der Waals surface area contributed by atoms with E-state index in [0.29, 0.717) is 13.0 Å². The lowest BCUT2D eigenvalue weighted by atomic mass is 9.97. The molecule has 3 aromatic rings. The van der Waals surface area contributed by atoms with Crippen molar-refractivity contribution in [3.63, 3.8) is 0 Å². The number of ether oxygens (including phenoxy) is 10. The van der Waals surface area contributed by atoms with Crippen LogP contribution >= 0.6 is 0 Å². The summed E-state index contributed by atoms with van der Waals surface area (Å²) < 4.78 is 60.7. The summed E-state index contributed by atoms with van der Waals surface area (Å²) in [5.41, 5.74) is 2.81. The van der Waals surface area contributed by atoms with Crippen LogP contribution in [0.2, 0.25) is 0 Å². The van der Waals surface area contributed by atoms with Crippen LogP contribution in [0.25, 0.3) is 0 Å².